The Labute approximate surface area is 100 Å². The molecule has 1 fully saturated rings. The Hall–Kier alpha value is -0.870. The van der Waals surface area contributed by atoms with E-state index in [2.05, 4.69) is 13.0 Å². The zero-order chi connectivity index (χ0) is 11.5. The van der Waals surface area contributed by atoms with E-state index in [9.17, 15) is 4.79 Å². The number of thiophene rings is 1. The van der Waals surface area contributed by atoms with Crippen LogP contribution >= 0.6 is 11.3 Å². The predicted octanol–water partition coefficient (Wildman–Crippen LogP) is 2.15. The molecule has 2 heterocycles. The minimum absolute atomic E-state index is 0.0860. The van der Waals surface area contributed by atoms with Gasteiger partial charge in [0.25, 0.3) is 0 Å². The third-order valence-electron chi connectivity index (χ3n) is 3.05. The standard InChI is InChI=1S/C12H18N2OS/c1-2-7-14-11(15)6-5-9(13)12(14)10-4-3-8-16-10/h3-4,8-9,12H,2,5-7,13H2,1H3. The first kappa shape index (κ1) is 11.6. The van der Waals surface area contributed by atoms with E-state index in [1.54, 1.807) is 11.3 Å². The van der Waals surface area contributed by atoms with Crippen molar-refractivity contribution >= 4 is 17.2 Å². The summed E-state index contributed by atoms with van der Waals surface area (Å²) in [7, 11) is 0. The van der Waals surface area contributed by atoms with E-state index in [0.717, 1.165) is 19.4 Å². The lowest BCUT2D eigenvalue weighted by molar-refractivity contribution is -0.137. The summed E-state index contributed by atoms with van der Waals surface area (Å²) in [6.45, 7) is 2.91. The minimum atomic E-state index is 0.0860. The van der Waals surface area contributed by atoms with Gasteiger partial charge in [0.05, 0.1) is 6.04 Å². The number of likely N-dealkylation sites (tertiary alicyclic amines) is 1. The van der Waals surface area contributed by atoms with E-state index < -0.39 is 0 Å². The first-order valence-electron chi connectivity index (χ1n) is 5.82. The van der Waals surface area contributed by atoms with Crippen LogP contribution in [0.3, 0.4) is 0 Å². The normalized spacial score (nSPS) is 26.1. The van der Waals surface area contributed by atoms with Gasteiger partial charge in [-0.2, -0.15) is 0 Å². The molecule has 2 unspecified atom stereocenters. The fraction of sp³-hybridized carbons (Fsp3) is 0.583. The van der Waals surface area contributed by atoms with E-state index >= 15 is 0 Å². The van der Waals surface area contributed by atoms with Gasteiger partial charge in [-0.25, -0.2) is 0 Å². The van der Waals surface area contributed by atoms with Crippen LogP contribution in [0.4, 0.5) is 0 Å². The molecule has 0 saturated carbocycles. The van der Waals surface area contributed by atoms with Crippen molar-refractivity contribution in [3.63, 3.8) is 0 Å². The molecule has 16 heavy (non-hydrogen) atoms. The fourth-order valence-corrected chi connectivity index (χ4v) is 3.22. The highest BCUT2D eigenvalue weighted by atomic mass is 32.1. The summed E-state index contributed by atoms with van der Waals surface area (Å²) in [6, 6.07) is 4.29. The van der Waals surface area contributed by atoms with E-state index in [0.29, 0.717) is 6.42 Å². The van der Waals surface area contributed by atoms with Gasteiger partial charge in [-0.3, -0.25) is 4.79 Å². The summed E-state index contributed by atoms with van der Waals surface area (Å²) >= 11 is 1.69. The lowest BCUT2D eigenvalue weighted by Crippen LogP contribution is -2.48. The van der Waals surface area contributed by atoms with Gasteiger partial charge in [0.2, 0.25) is 5.91 Å². The van der Waals surface area contributed by atoms with Crippen molar-refractivity contribution in [1.29, 1.82) is 0 Å². The second kappa shape index (κ2) is 4.97. The van der Waals surface area contributed by atoms with Crippen molar-refractivity contribution in [2.75, 3.05) is 6.54 Å². The van der Waals surface area contributed by atoms with Crippen molar-refractivity contribution < 1.29 is 4.79 Å². The Balaban J connectivity index is 2.25. The monoisotopic (exact) mass is 238 g/mol. The van der Waals surface area contributed by atoms with Crippen LogP contribution < -0.4 is 5.73 Å². The van der Waals surface area contributed by atoms with Crippen LogP contribution in [-0.4, -0.2) is 23.4 Å². The van der Waals surface area contributed by atoms with Crippen molar-refractivity contribution in [2.45, 2.75) is 38.3 Å². The van der Waals surface area contributed by atoms with Crippen molar-refractivity contribution in [2.24, 2.45) is 5.73 Å². The molecule has 1 aliphatic heterocycles. The number of amides is 1. The Bertz CT molecular complexity index is 350. The summed E-state index contributed by atoms with van der Waals surface area (Å²) < 4.78 is 0. The van der Waals surface area contributed by atoms with Crippen LogP contribution in [0.1, 0.15) is 37.1 Å². The maximum Gasteiger partial charge on any atom is 0.223 e. The predicted molar refractivity (Wildman–Crippen MR) is 66.3 cm³/mol. The number of nitrogens with zero attached hydrogens (tertiary/aromatic N) is 1. The minimum Gasteiger partial charge on any atom is -0.333 e. The summed E-state index contributed by atoms with van der Waals surface area (Å²) in [6.07, 6.45) is 2.39. The lowest BCUT2D eigenvalue weighted by Gasteiger charge is -2.39. The second-order valence-corrected chi connectivity index (χ2v) is 5.23. The molecule has 1 aromatic heterocycles. The second-order valence-electron chi connectivity index (χ2n) is 4.25. The van der Waals surface area contributed by atoms with Gasteiger partial charge in [-0.15, -0.1) is 11.3 Å². The molecule has 2 atom stereocenters. The molecule has 0 bridgehead atoms. The number of carbonyl (C=O) groups is 1. The molecule has 1 aromatic rings. The molecule has 2 rings (SSSR count). The number of carbonyl (C=O) groups excluding carboxylic acids is 1. The fourth-order valence-electron chi connectivity index (χ4n) is 2.31. The zero-order valence-corrected chi connectivity index (χ0v) is 10.4. The van der Waals surface area contributed by atoms with Gasteiger partial charge >= 0.3 is 0 Å². The van der Waals surface area contributed by atoms with E-state index in [1.165, 1.54) is 4.88 Å². The largest absolute Gasteiger partial charge is 0.333 e. The molecule has 0 aliphatic carbocycles. The number of rotatable bonds is 3. The molecular weight excluding hydrogens is 220 g/mol. The highest BCUT2D eigenvalue weighted by Gasteiger charge is 2.34. The molecule has 3 nitrogen and oxygen atoms in total. The van der Waals surface area contributed by atoms with Gasteiger partial charge in [0.15, 0.2) is 0 Å². The average Bonchev–Trinajstić information content (AvgIpc) is 2.77. The topological polar surface area (TPSA) is 46.3 Å². The highest BCUT2D eigenvalue weighted by molar-refractivity contribution is 7.10. The van der Waals surface area contributed by atoms with Crippen molar-refractivity contribution in [3.8, 4) is 0 Å². The molecule has 1 saturated heterocycles. The van der Waals surface area contributed by atoms with E-state index in [1.807, 2.05) is 16.3 Å². The Morgan fingerprint density at radius 2 is 2.44 bits per heavy atom. The Kier molecular flexibility index (Phi) is 3.61. The van der Waals surface area contributed by atoms with Gasteiger partial charge in [-0.05, 0) is 24.3 Å². The van der Waals surface area contributed by atoms with Crippen LogP contribution in [0, 0.1) is 0 Å². The van der Waals surface area contributed by atoms with Crippen molar-refractivity contribution in [1.82, 2.24) is 4.90 Å². The molecule has 0 radical (unpaired) electrons. The van der Waals surface area contributed by atoms with Gasteiger partial charge < -0.3 is 10.6 Å². The molecule has 4 heteroatoms. The van der Waals surface area contributed by atoms with Crippen molar-refractivity contribution in [3.05, 3.63) is 22.4 Å². The third kappa shape index (κ3) is 2.13. The van der Waals surface area contributed by atoms with Gasteiger partial charge in [-0.1, -0.05) is 13.0 Å². The number of hydrogen-bond donors (Lipinski definition) is 1. The van der Waals surface area contributed by atoms with E-state index in [-0.39, 0.29) is 18.0 Å². The molecule has 0 aromatic carbocycles. The number of hydrogen-bond acceptors (Lipinski definition) is 3. The van der Waals surface area contributed by atoms with Crippen LogP contribution in [-0.2, 0) is 4.79 Å². The maximum atomic E-state index is 11.9. The Morgan fingerprint density at radius 1 is 1.62 bits per heavy atom. The molecule has 1 aliphatic rings. The summed E-state index contributed by atoms with van der Waals surface area (Å²) in [5.41, 5.74) is 6.17. The summed E-state index contributed by atoms with van der Waals surface area (Å²) in [5.74, 6) is 0.252. The number of nitrogens with two attached hydrogens (primary N) is 1. The average molecular weight is 238 g/mol. The maximum absolute atomic E-state index is 11.9. The number of piperidine rings is 1. The summed E-state index contributed by atoms with van der Waals surface area (Å²) in [5, 5.41) is 2.05. The molecule has 2 N–H and O–H groups in total. The van der Waals surface area contributed by atoms with Crippen LogP contribution in [0.5, 0.6) is 0 Å². The highest BCUT2D eigenvalue weighted by Crippen LogP contribution is 2.33. The molecule has 88 valence electrons. The molecule has 0 spiro atoms. The van der Waals surface area contributed by atoms with E-state index in [4.69, 9.17) is 5.73 Å². The Morgan fingerprint density at radius 3 is 3.06 bits per heavy atom. The van der Waals surface area contributed by atoms with Crippen LogP contribution in [0.2, 0.25) is 0 Å². The third-order valence-corrected chi connectivity index (χ3v) is 4.00. The smallest absolute Gasteiger partial charge is 0.223 e. The first-order chi connectivity index (χ1) is 7.74. The van der Waals surface area contributed by atoms with Gasteiger partial charge in [0, 0.05) is 23.9 Å². The quantitative estimate of drug-likeness (QED) is 0.877. The molecular formula is C12H18N2OS. The van der Waals surface area contributed by atoms with Crippen LogP contribution in [0.15, 0.2) is 17.5 Å². The molecule has 1 amide bonds. The summed E-state index contributed by atoms with van der Waals surface area (Å²) in [4.78, 5) is 15.1. The SMILES string of the molecule is CCCN1C(=O)CCC(N)C1c1cccs1. The van der Waals surface area contributed by atoms with Gasteiger partial charge in [0.1, 0.15) is 0 Å². The zero-order valence-electron chi connectivity index (χ0n) is 9.56. The lowest BCUT2D eigenvalue weighted by atomic mass is 9.95. The first-order valence-corrected chi connectivity index (χ1v) is 6.70. The van der Waals surface area contributed by atoms with Crippen LogP contribution in [0.25, 0.3) is 0 Å².